The maximum atomic E-state index is 13.3. The number of para-hydroxylation sites is 1. The van der Waals surface area contributed by atoms with Crippen molar-refractivity contribution in [2.75, 3.05) is 4.90 Å². The lowest BCUT2D eigenvalue weighted by atomic mass is 9.99. The smallest absolute Gasteiger partial charge is 0.297 e. The lowest BCUT2D eigenvalue weighted by molar-refractivity contribution is 0.0970. The van der Waals surface area contributed by atoms with Gasteiger partial charge in [-0.3, -0.25) is 14.5 Å². The number of aromatic nitrogens is 2. The fourth-order valence-corrected chi connectivity index (χ4v) is 4.38. The molecule has 0 bridgehead atoms. The van der Waals surface area contributed by atoms with E-state index in [4.69, 9.17) is 4.42 Å². The maximum Gasteiger partial charge on any atom is 0.297 e. The zero-order chi connectivity index (χ0) is 18.5. The summed E-state index contributed by atoms with van der Waals surface area (Å²) in [5, 5.41) is 8.76. The van der Waals surface area contributed by atoms with Crippen molar-refractivity contribution in [3.8, 4) is 0 Å². The minimum absolute atomic E-state index is 0.0545. The molecule has 6 nitrogen and oxygen atoms in total. The van der Waals surface area contributed by atoms with E-state index in [2.05, 4.69) is 26.1 Å². The molecule has 1 unspecified atom stereocenters. The van der Waals surface area contributed by atoms with Gasteiger partial charge in [0, 0.05) is 4.47 Å². The second-order valence-electron chi connectivity index (χ2n) is 6.02. The van der Waals surface area contributed by atoms with E-state index in [-0.39, 0.29) is 11.2 Å². The number of carbonyl (C=O) groups excluding carboxylic acids is 1. The highest BCUT2D eigenvalue weighted by Crippen LogP contribution is 2.41. The van der Waals surface area contributed by atoms with Crippen molar-refractivity contribution < 1.29 is 9.21 Å². The van der Waals surface area contributed by atoms with Crippen LogP contribution in [0.4, 0.5) is 5.13 Å². The van der Waals surface area contributed by atoms with Crippen LogP contribution >= 0.6 is 27.3 Å². The number of carbonyl (C=O) groups is 1. The Morgan fingerprint density at radius 3 is 2.74 bits per heavy atom. The molecule has 132 valence electrons. The molecule has 0 spiro atoms. The van der Waals surface area contributed by atoms with E-state index in [0.29, 0.717) is 21.7 Å². The summed E-state index contributed by atoms with van der Waals surface area (Å²) < 4.78 is 6.71. The van der Waals surface area contributed by atoms with Gasteiger partial charge in [0.1, 0.15) is 11.1 Å². The number of benzene rings is 2. The van der Waals surface area contributed by atoms with Gasteiger partial charge >= 0.3 is 0 Å². The molecular formula is C19H10BrN3O3S. The van der Waals surface area contributed by atoms with Crippen LogP contribution in [0, 0.1) is 0 Å². The predicted molar refractivity (Wildman–Crippen MR) is 105 cm³/mol. The summed E-state index contributed by atoms with van der Waals surface area (Å²) in [6.07, 6.45) is 0. The average molecular weight is 440 g/mol. The van der Waals surface area contributed by atoms with Gasteiger partial charge in [0.25, 0.3) is 5.91 Å². The Kier molecular flexibility index (Phi) is 3.70. The monoisotopic (exact) mass is 439 g/mol. The van der Waals surface area contributed by atoms with Crippen LogP contribution < -0.4 is 10.3 Å². The minimum Gasteiger partial charge on any atom is -0.450 e. The van der Waals surface area contributed by atoms with Crippen LogP contribution in [-0.2, 0) is 0 Å². The first-order valence-corrected chi connectivity index (χ1v) is 9.73. The Hall–Kier alpha value is -2.84. The fourth-order valence-electron chi connectivity index (χ4n) is 3.38. The van der Waals surface area contributed by atoms with E-state index >= 15 is 0 Å². The van der Waals surface area contributed by atoms with Crippen LogP contribution in [0.25, 0.3) is 11.0 Å². The third-order valence-corrected chi connectivity index (χ3v) is 5.68. The van der Waals surface area contributed by atoms with Gasteiger partial charge in [0.15, 0.2) is 5.43 Å². The van der Waals surface area contributed by atoms with Gasteiger partial charge < -0.3 is 4.42 Å². The molecular weight excluding hydrogens is 430 g/mol. The van der Waals surface area contributed by atoms with Crippen LogP contribution in [0.5, 0.6) is 0 Å². The zero-order valence-corrected chi connectivity index (χ0v) is 16.0. The van der Waals surface area contributed by atoms with E-state index in [0.717, 1.165) is 10.0 Å². The summed E-state index contributed by atoms with van der Waals surface area (Å²) in [4.78, 5) is 27.9. The number of hydrogen-bond acceptors (Lipinski definition) is 6. The molecule has 1 amide bonds. The molecule has 0 radical (unpaired) electrons. The molecule has 0 N–H and O–H groups in total. The molecule has 2 aromatic carbocycles. The van der Waals surface area contributed by atoms with Crippen LogP contribution in [0.1, 0.15) is 27.7 Å². The van der Waals surface area contributed by atoms with E-state index in [9.17, 15) is 9.59 Å². The van der Waals surface area contributed by atoms with Crippen molar-refractivity contribution in [2.45, 2.75) is 6.04 Å². The molecule has 1 atom stereocenters. The van der Waals surface area contributed by atoms with E-state index in [1.807, 2.05) is 24.3 Å². The maximum absolute atomic E-state index is 13.3. The number of halogens is 1. The Labute approximate surface area is 165 Å². The number of fused-ring (bicyclic) bond motifs is 2. The molecule has 1 aliphatic rings. The molecule has 8 heteroatoms. The first kappa shape index (κ1) is 16.3. The molecule has 3 heterocycles. The standard InChI is InChI=1S/C19H10BrN3O3S/c20-11-5-3-4-10(8-11)15-14-16(24)12-6-1-2-7-13(12)26-17(14)18(25)23(15)19-22-21-9-27-19/h1-9,15H. The first-order valence-electron chi connectivity index (χ1n) is 8.06. The first-order chi connectivity index (χ1) is 13.1. The largest absolute Gasteiger partial charge is 0.450 e. The average Bonchev–Trinajstić information content (AvgIpc) is 3.29. The van der Waals surface area contributed by atoms with E-state index in [1.165, 1.54) is 16.2 Å². The van der Waals surface area contributed by atoms with Gasteiger partial charge in [-0.15, -0.1) is 10.2 Å². The second kappa shape index (κ2) is 6.11. The highest BCUT2D eigenvalue weighted by atomic mass is 79.9. The minimum atomic E-state index is -0.626. The van der Waals surface area contributed by atoms with E-state index in [1.54, 1.807) is 29.8 Å². The number of nitrogens with zero attached hydrogens (tertiary/aromatic N) is 3. The predicted octanol–water partition coefficient (Wildman–Crippen LogP) is 4.16. The topological polar surface area (TPSA) is 76.3 Å². The summed E-state index contributed by atoms with van der Waals surface area (Å²) in [7, 11) is 0. The molecule has 0 saturated carbocycles. The van der Waals surface area contributed by atoms with Crippen molar-refractivity contribution in [2.24, 2.45) is 0 Å². The summed E-state index contributed by atoms with van der Waals surface area (Å²) in [6.45, 7) is 0. The Morgan fingerprint density at radius 1 is 1.11 bits per heavy atom. The molecule has 1 aliphatic heterocycles. The summed E-state index contributed by atoms with van der Waals surface area (Å²) >= 11 is 4.70. The summed E-state index contributed by atoms with van der Waals surface area (Å²) in [5.74, 6) is -0.339. The van der Waals surface area contributed by atoms with Crippen LogP contribution in [-0.4, -0.2) is 16.1 Å². The number of rotatable bonds is 2. The van der Waals surface area contributed by atoms with E-state index < -0.39 is 11.9 Å². The van der Waals surface area contributed by atoms with Gasteiger partial charge in [0.05, 0.1) is 17.0 Å². The Bertz CT molecular complexity index is 1250. The highest BCUT2D eigenvalue weighted by molar-refractivity contribution is 9.10. The van der Waals surface area contributed by atoms with Gasteiger partial charge in [-0.1, -0.05) is 51.5 Å². The van der Waals surface area contributed by atoms with Crippen molar-refractivity contribution in [3.05, 3.63) is 85.6 Å². The number of amides is 1. The van der Waals surface area contributed by atoms with Crippen molar-refractivity contribution >= 4 is 49.3 Å². The van der Waals surface area contributed by atoms with Crippen molar-refractivity contribution in [1.29, 1.82) is 0 Å². The third kappa shape index (κ3) is 2.44. The normalized spacial score (nSPS) is 16.1. The van der Waals surface area contributed by atoms with Gasteiger partial charge in [-0.05, 0) is 29.8 Å². The Balaban J connectivity index is 1.85. The molecule has 0 aliphatic carbocycles. The van der Waals surface area contributed by atoms with Gasteiger partial charge in [0.2, 0.25) is 10.9 Å². The summed E-state index contributed by atoms with van der Waals surface area (Å²) in [6, 6.07) is 13.8. The summed E-state index contributed by atoms with van der Waals surface area (Å²) in [5.41, 5.74) is 2.84. The molecule has 27 heavy (non-hydrogen) atoms. The second-order valence-corrected chi connectivity index (χ2v) is 7.75. The van der Waals surface area contributed by atoms with Crippen molar-refractivity contribution in [3.63, 3.8) is 0 Å². The molecule has 0 saturated heterocycles. The molecule has 2 aromatic heterocycles. The highest BCUT2D eigenvalue weighted by Gasteiger charge is 2.44. The molecule has 4 aromatic rings. The number of hydrogen-bond donors (Lipinski definition) is 0. The third-order valence-electron chi connectivity index (χ3n) is 4.50. The molecule has 5 rings (SSSR count). The van der Waals surface area contributed by atoms with Gasteiger partial charge in [-0.25, -0.2) is 0 Å². The Morgan fingerprint density at radius 2 is 1.96 bits per heavy atom. The van der Waals surface area contributed by atoms with Crippen molar-refractivity contribution in [1.82, 2.24) is 10.2 Å². The lowest BCUT2D eigenvalue weighted by Gasteiger charge is -2.22. The lowest BCUT2D eigenvalue weighted by Crippen LogP contribution is -2.29. The SMILES string of the molecule is O=C1c2oc3ccccc3c(=O)c2C(c2cccc(Br)c2)N1c1nncs1. The van der Waals surface area contributed by atoms with Crippen LogP contribution in [0.2, 0.25) is 0 Å². The fraction of sp³-hybridized carbons (Fsp3) is 0.0526. The number of anilines is 1. The van der Waals surface area contributed by atoms with Crippen LogP contribution in [0.3, 0.4) is 0 Å². The quantitative estimate of drug-likeness (QED) is 0.468. The zero-order valence-electron chi connectivity index (χ0n) is 13.6. The van der Waals surface area contributed by atoms with Gasteiger partial charge in [-0.2, -0.15) is 0 Å². The molecule has 0 fully saturated rings. The van der Waals surface area contributed by atoms with Crippen LogP contribution in [0.15, 0.2) is 67.7 Å².